The Bertz CT molecular complexity index is 1050. The third-order valence-electron chi connectivity index (χ3n) is 7.79. The van der Waals surface area contributed by atoms with Gasteiger partial charge in [-0.3, -0.25) is 4.79 Å². The number of carbonyl (C=O) groups excluding carboxylic acids is 1. The van der Waals surface area contributed by atoms with Gasteiger partial charge in [-0.15, -0.1) is 0 Å². The molecule has 0 aromatic heterocycles. The van der Waals surface area contributed by atoms with E-state index in [4.69, 9.17) is 14.2 Å². The highest BCUT2D eigenvalue weighted by Crippen LogP contribution is 2.38. The monoisotopic (exact) mass is 551 g/mol. The molecule has 1 saturated heterocycles. The van der Waals surface area contributed by atoms with Gasteiger partial charge in [0.1, 0.15) is 5.75 Å². The Morgan fingerprint density at radius 1 is 1.11 bits per heavy atom. The smallest absolute Gasteiger partial charge is 0.288 e. The summed E-state index contributed by atoms with van der Waals surface area (Å²) in [6, 6.07) is 6.14. The number of sulfonamides is 1. The number of benzene rings is 1. The lowest BCUT2D eigenvalue weighted by molar-refractivity contribution is -0.157. The highest BCUT2D eigenvalue weighted by molar-refractivity contribution is 7.89. The zero-order valence-corrected chi connectivity index (χ0v) is 23.3. The summed E-state index contributed by atoms with van der Waals surface area (Å²) < 4.78 is 44.8. The molecule has 3 aliphatic rings. The fraction of sp³-hybridized carbons (Fsp3) is 0.667. The molecule has 4 rings (SSSR count). The van der Waals surface area contributed by atoms with Gasteiger partial charge in [0, 0.05) is 45.7 Å². The molecular formula is C27H41N3O7S. The molecule has 1 saturated carbocycles. The Balaban J connectivity index is 1.40. The molecule has 1 aromatic rings. The number of rotatable bonds is 11. The number of likely N-dealkylation sites (N-methyl/N-ethyl adjacent to an activating group) is 1. The normalized spacial score (nSPS) is 23.4. The Kier molecular flexibility index (Phi) is 10.1. The van der Waals surface area contributed by atoms with E-state index in [2.05, 4.69) is 4.90 Å². The molecule has 212 valence electrons. The third kappa shape index (κ3) is 7.06. The summed E-state index contributed by atoms with van der Waals surface area (Å²) in [5.74, 6) is 1.50. The summed E-state index contributed by atoms with van der Waals surface area (Å²) in [6.07, 6.45) is 6.67. The molecule has 0 unspecified atom stereocenters. The van der Waals surface area contributed by atoms with Crippen LogP contribution in [0.5, 0.6) is 5.75 Å². The summed E-state index contributed by atoms with van der Waals surface area (Å²) >= 11 is 0. The molecule has 2 aliphatic heterocycles. The zero-order valence-electron chi connectivity index (χ0n) is 22.5. The van der Waals surface area contributed by atoms with Crippen molar-refractivity contribution in [3.05, 3.63) is 36.1 Å². The van der Waals surface area contributed by atoms with E-state index in [0.717, 1.165) is 25.9 Å². The molecule has 1 amide bonds. The average Bonchev–Trinajstić information content (AvgIpc) is 3.48. The highest BCUT2D eigenvalue weighted by atomic mass is 32.2. The van der Waals surface area contributed by atoms with Gasteiger partial charge in [-0.2, -0.15) is 4.31 Å². The first-order valence-corrected chi connectivity index (χ1v) is 15.0. The molecule has 0 radical (unpaired) electrons. The molecule has 1 aliphatic carbocycles. The lowest BCUT2D eigenvalue weighted by Crippen LogP contribution is -2.48. The molecule has 11 heteroatoms. The molecular weight excluding hydrogens is 510 g/mol. The first kappa shape index (κ1) is 28.8. The second kappa shape index (κ2) is 13.3. The molecule has 2 atom stereocenters. The van der Waals surface area contributed by atoms with E-state index >= 15 is 0 Å². The molecule has 1 N–H and O–H groups in total. The number of nitrogens with zero attached hydrogens (tertiary/aromatic N) is 3. The molecule has 10 nitrogen and oxygen atoms in total. The topological polar surface area (TPSA) is 109 Å². The van der Waals surface area contributed by atoms with E-state index < -0.39 is 16.3 Å². The van der Waals surface area contributed by atoms with E-state index in [-0.39, 0.29) is 43.0 Å². The Morgan fingerprint density at radius 3 is 2.42 bits per heavy atom. The number of piperazine rings is 1. The summed E-state index contributed by atoms with van der Waals surface area (Å²) in [5.41, 5.74) is 0. The van der Waals surface area contributed by atoms with Crippen LogP contribution in [0.15, 0.2) is 41.0 Å². The number of hydrogen-bond donors (Lipinski definition) is 1. The van der Waals surface area contributed by atoms with Crippen molar-refractivity contribution in [1.82, 2.24) is 14.1 Å². The number of methoxy groups -OCH3 is 1. The van der Waals surface area contributed by atoms with Crippen LogP contribution in [0.2, 0.25) is 0 Å². The fourth-order valence-electron chi connectivity index (χ4n) is 5.46. The number of ether oxygens (including phenoxy) is 3. The van der Waals surface area contributed by atoms with Crippen molar-refractivity contribution < 1.29 is 32.5 Å². The van der Waals surface area contributed by atoms with Crippen LogP contribution in [-0.4, -0.2) is 106 Å². The van der Waals surface area contributed by atoms with Crippen LogP contribution in [0.4, 0.5) is 0 Å². The predicted molar refractivity (Wildman–Crippen MR) is 142 cm³/mol. The van der Waals surface area contributed by atoms with Gasteiger partial charge in [-0.1, -0.05) is 12.8 Å². The minimum atomic E-state index is -3.84. The average molecular weight is 552 g/mol. The SMILES string of the molecule is COc1ccc(S(=O)(=O)N(CCO)CCO[C@@H]2C[C@H](C3CCCC3)C=C(C(=O)N3CCN(C)CC3)O2)cc1. The number of aliphatic hydroxyl groups is 1. The summed E-state index contributed by atoms with van der Waals surface area (Å²) in [7, 11) is -0.272. The first-order valence-electron chi connectivity index (χ1n) is 13.5. The van der Waals surface area contributed by atoms with Crippen LogP contribution in [0.25, 0.3) is 0 Å². The maximum atomic E-state index is 13.3. The van der Waals surface area contributed by atoms with Crippen molar-refractivity contribution in [3.8, 4) is 5.75 Å². The number of amides is 1. The lowest BCUT2D eigenvalue weighted by Gasteiger charge is -2.36. The first-order chi connectivity index (χ1) is 18.3. The largest absolute Gasteiger partial charge is 0.497 e. The van der Waals surface area contributed by atoms with Crippen LogP contribution in [0, 0.1) is 11.8 Å². The molecule has 0 bridgehead atoms. The van der Waals surface area contributed by atoms with E-state index in [1.54, 1.807) is 12.1 Å². The van der Waals surface area contributed by atoms with Crippen LogP contribution in [0.1, 0.15) is 32.1 Å². The summed E-state index contributed by atoms with van der Waals surface area (Å²) in [6.45, 7) is 2.74. The fourth-order valence-corrected chi connectivity index (χ4v) is 6.88. The maximum absolute atomic E-state index is 13.3. The van der Waals surface area contributed by atoms with Gasteiger partial charge in [0.25, 0.3) is 5.91 Å². The van der Waals surface area contributed by atoms with Gasteiger partial charge < -0.3 is 29.1 Å². The van der Waals surface area contributed by atoms with Gasteiger partial charge >= 0.3 is 0 Å². The number of carbonyl (C=O) groups is 1. The van der Waals surface area contributed by atoms with Crippen LogP contribution in [-0.2, 0) is 24.3 Å². The standard InChI is InChI=1S/C27H41N3O7S/c1-28-11-13-29(14-12-28)27(32)25-19-22(21-5-3-4-6-21)20-26(37-25)36-18-16-30(15-17-31)38(33,34)24-9-7-23(35-2)8-10-24/h7-10,19,21-22,26,31H,3-6,11-18,20H2,1-2H3/t22-,26+/m1/s1. The molecule has 0 spiro atoms. The van der Waals surface area contributed by atoms with Crippen molar-refractivity contribution in [2.24, 2.45) is 11.8 Å². The second-order valence-electron chi connectivity index (χ2n) is 10.3. The van der Waals surface area contributed by atoms with Gasteiger partial charge in [-0.05, 0) is 62.1 Å². The molecule has 2 heterocycles. The van der Waals surface area contributed by atoms with Crippen molar-refractivity contribution in [1.29, 1.82) is 0 Å². The Hall–Kier alpha value is -2.18. The minimum absolute atomic E-state index is 0.0499. The van der Waals surface area contributed by atoms with Gasteiger partial charge in [0.15, 0.2) is 5.76 Å². The van der Waals surface area contributed by atoms with E-state index in [1.165, 1.54) is 36.4 Å². The number of allylic oxidation sites excluding steroid dienone is 1. The van der Waals surface area contributed by atoms with Crippen LogP contribution >= 0.6 is 0 Å². The molecule has 2 fully saturated rings. The highest BCUT2D eigenvalue weighted by Gasteiger charge is 2.35. The van der Waals surface area contributed by atoms with Crippen molar-refractivity contribution in [2.45, 2.75) is 43.3 Å². The quantitative estimate of drug-likeness (QED) is 0.444. The zero-order chi connectivity index (χ0) is 27.1. The second-order valence-corrected chi connectivity index (χ2v) is 12.2. The predicted octanol–water partition coefficient (Wildman–Crippen LogP) is 1.91. The van der Waals surface area contributed by atoms with Crippen LogP contribution in [0.3, 0.4) is 0 Å². The van der Waals surface area contributed by atoms with Crippen molar-refractivity contribution in [2.75, 3.05) is 66.6 Å². The number of aliphatic hydroxyl groups excluding tert-OH is 1. The van der Waals surface area contributed by atoms with Gasteiger partial charge in [0.05, 0.1) is 25.2 Å². The lowest BCUT2D eigenvalue weighted by atomic mass is 9.86. The molecule has 38 heavy (non-hydrogen) atoms. The maximum Gasteiger partial charge on any atom is 0.288 e. The third-order valence-corrected chi connectivity index (χ3v) is 9.70. The van der Waals surface area contributed by atoms with Gasteiger partial charge in [0.2, 0.25) is 16.3 Å². The van der Waals surface area contributed by atoms with Crippen LogP contribution < -0.4 is 4.74 Å². The van der Waals surface area contributed by atoms with E-state index in [9.17, 15) is 18.3 Å². The minimum Gasteiger partial charge on any atom is -0.497 e. The molecule has 1 aromatic carbocycles. The van der Waals surface area contributed by atoms with E-state index in [1.807, 2.05) is 18.0 Å². The Labute approximate surface area is 226 Å². The van der Waals surface area contributed by atoms with Gasteiger partial charge in [-0.25, -0.2) is 8.42 Å². The Morgan fingerprint density at radius 2 is 1.79 bits per heavy atom. The summed E-state index contributed by atoms with van der Waals surface area (Å²) in [4.78, 5) is 17.5. The van der Waals surface area contributed by atoms with Crippen molar-refractivity contribution in [3.63, 3.8) is 0 Å². The number of hydrogen-bond acceptors (Lipinski definition) is 8. The van der Waals surface area contributed by atoms with Crippen molar-refractivity contribution >= 4 is 15.9 Å². The van der Waals surface area contributed by atoms with E-state index in [0.29, 0.717) is 36.9 Å². The summed E-state index contributed by atoms with van der Waals surface area (Å²) in [5, 5.41) is 9.52.